The van der Waals surface area contributed by atoms with Crippen LogP contribution in [0.2, 0.25) is 5.02 Å². The van der Waals surface area contributed by atoms with Gasteiger partial charge < -0.3 is 9.64 Å². The third-order valence-electron chi connectivity index (χ3n) is 7.17. The maximum Gasteiger partial charge on any atom is 0.261 e. The van der Waals surface area contributed by atoms with Crippen LogP contribution < -0.4 is 5.56 Å². The predicted octanol–water partition coefficient (Wildman–Crippen LogP) is 6.05. The fraction of sp³-hybridized carbons (Fsp3) is 0.333. The summed E-state index contributed by atoms with van der Waals surface area (Å²) in [7, 11) is 1.74. The molecule has 1 aliphatic rings. The quantitative estimate of drug-likeness (QED) is 0.309. The highest BCUT2D eigenvalue weighted by molar-refractivity contribution is 6.30. The molecule has 36 heavy (non-hydrogen) atoms. The molecule has 0 amide bonds. The van der Waals surface area contributed by atoms with Gasteiger partial charge in [-0.15, -0.1) is 0 Å². The number of nitrogens with zero attached hydrogens (tertiary/aromatic N) is 3. The minimum atomic E-state index is 0.0167. The number of ether oxygens (including phenoxy) is 1. The van der Waals surface area contributed by atoms with Gasteiger partial charge in [-0.1, -0.05) is 54.1 Å². The normalized spacial score (nSPS) is 16.5. The SMILES string of the molecule is COCCN1CCC[C@@H](Cn2c(-c3ccccc3C)nc3ccc(-c4ccc(Cl)cc4)cc3c2=O)C1. The van der Waals surface area contributed by atoms with Gasteiger partial charge in [-0.3, -0.25) is 9.36 Å². The van der Waals surface area contributed by atoms with Gasteiger partial charge in [0, 0.05) is 37.3 Å². The molecule has 2 heterocycles. The van der Waals surface area contributed by atoms with Crippen molar-refractivity contribution in [1.29, 1.82) is 0 Å². The van der Waals surface area contributed by atoms with Crippen molar-refractivity contribution < 1.29 is 4.74 Å². The lowest BCUT2D eigenvalue weighted by Gasteiger charge is -2.33. The first-order chi connectivity index (χ1) is 17.5. The molecule has 1 aliphatic heterocycles. The molecule has 0 unspecified atom stereocenters. The minimum absolute atomic E-state index is 0.0167. The zero-order chi connectivity index (χ0) is 25.1. The van der Waals surface area contributed by atoms with Crippen molar-refractivity contribution in [2.45, 2.75) is 26.3 Å². The lowest BCUT2D eigenvalue weighted by Crippen LogP contribution is -2.40. The molecule has 1 aromatic heterocycles. The van der Waals surface area contributed by atoms with E-state index < -0.39 is 0 Å². The molecular formula is C30H32ClN3O2. The summed E-state index contributed by atoms with van der Waals surface area (Å²) in [6.07, 6.45) is 2.23. The van der Waals surface area contributed by atoms with Crippen molar-refractivity contribution >= 4 is 22.5 Å². The average Bonchev–Trinajstić information content (AvgIpc) is 2.90. The van der Waals surface area contributed by atoms with Gasteiger partial charge in [0.2, 0.25) is 0 Å². The lowest BCUT2D eigenvalue weighted by atomic mass is 9.97. The van der Waals surface area contributed by atoms with Crippen LogP contribution in [0.1, 0.15) is 18.4 Å². The van der Waals surface area contributed by atoms with E-state index in [4.69, 9.17) is 21.3 Å². The van der Waals surface area contributed by atoms with Crippen LogP contribution in [0.25, 0.3) is 33.4 Å². The van der Waals surface area contributed by atoms with Crippen LogP contribution in [0.15, 0.2) is 71.5 Å². The minimum Gasteiger partial charge on any atom is -0.383 e. The summed E-state index contributed by atoms with van der Waals surface area (Å²) in [5, 5.41) is 1.34. The van der Waals surface area contributed by atoms with Crippen molar-refractivity contribution in [3.63, 3.8) is 0 Å². The first-order valence-electron chi connectivity index (χ1n) is 12.6. The first kappa shape index (κ1) is 24.7. The summed E-state index contributed by atoms with van der Waals surface area (Å²) in [6.45, 7) is 6.43. The highest BCUT2D eigenvalue weighted by Gasteiger charge is 2.23. The van der Waals surface area contributed by atoms with Crippen LogP contribution in [0, 0.1) is 12.8 Å². The summed E-state index contributed by atoms with van der Waals surface area (Å²) in [5.41, 5.74) is 4.86. The van der Waals surface area contributed by atoms with Crippen LogP contribution in [0.5, 0.6) is 0 Å². The van der Waals surface area contributed by atoms with Gasteiger partial charge in [0.15, 0.2) is 0 Å². The molecule has 1 fully saturated rings. The molecule has 1 saturated heterocycles. The van der Waals surface area contributed by atoms with E-state index in [0.29, 0.717) is 22.9 Å². The Morgan fingerprint density at radius 1 is 1.06 bits per heavy atom. The second-order valence-corrected chi connectivity index (χ2v) is 10.1. The Morgan fingerprint density at radius 3 is 2.61 bits per heavy atom. The Bertz CT molecular complexity index is 1410. The second kappa shape index (κ2) is 11.0. The number of methoxy groups -OCH3 is 1. The van der Waals surface area contributed by atoms with Crippen LogP contribution >= 0.6 is 11.6 Å². The molecule has 0 aliphatic carbocycles. The molecule has 1 atom stereocenters. The number of hydrogen-bond donors (Lipinski definition) is 0. The van der Waals surface area contributed by atoms with Gasteiger partial charge in [0.1, 0.15) is 5.82 Å². The van der Waals surface area contributed by atoms with Crippen molar-refractivity contribution in [3.05, 3.63) is 87.7 Å². The number of rotatable bonds is 7. The molecule has 0 N–H and O–H groups in total. The van der Waals surface area contributed by atoms with Gasteiger partial charge in [-0.2, -0.15) is 0 Å². The molecule has 6 heteroatoms. The van der Waals surface area contributed by atoms with E-state index in [1.165, 1.54) is 0 Å². The van der Waals surface area contributed by atoms with E-state index >= 15 is 0 Å². The van der Waals surface area contributed by atoms with Gasteiger partial charge in [0.05, 0.1) is 17.5 Å². The van der Waals surface area contributed by atoms with Crippen molar-refractivity contribution in [1.82, 2.24) is 14.5 Å². The van der Waals surface area contributed by atoms with Crippen molar-refractivity contribution in [2.75, 3.05) is 33.4 Å². The number of fused-ring (bicyclic) bond motifs is 1. The van der Waals surface area contributed by atoms with E-state index in [-0.39, 0.29) is 5.56 Å². The highest BCUT2D eigenvalue weighted by Crippen LogP contribution is 2.28. The number of piperidine rings is 1. The fourth-order valence-electron chi connectivity index (χ4n) is 5.22. The Balaban J connectivity index is 1.59. The second-order valence-electron chi connectivity index (χ2n) is 9.71. The van der Waals surface area contributed by atoms with E-state index in [0.717, 1.165) is 72.7 Å². The largest absolute Gasteiger partial charge is 0.383 e. The number of aromatic nitrogens is 2. The average molecular weight is 502 g/mol. The molecule has 4 aromatic rings. The van der Waals surface area contributed by atoms with Gasteiger partial charge in [-0.25, -0.2) is 4.98 Å². The van der Waals surface area contributed by atoms with Gasteiger partial charge in [-0.05, 0) is 73.2 Å². The number of aryl methyl sites for hydroxylation is 1. The zero-order valence-corrected chi connectivity index (χ0v) is 21.7. The third-order valence-corrected chi connectivity index (χ3v) is 7.43. The molecular weight excluding hydrogens is 470 g/mol. The van der Waals surface area contributed by atoms with E-state index in [9.17, 15) is 4.79 Å². The Kier molecular flexibility index (Phi) is 7.51. The monoisotopic (exact) mass is 501 g/mol. The summed E-state index contributed by atoms with van der Waals surface area (Å²) >= 11 is 6.09. The highest BCUT2D eigenvalue weighted by atomic mass is 35.5. The molecule has 5 rings (SSSR count). The molecule has 0 saturated carbocycles. The fourth-order valence-corrected chi connectivity index (χ4v) is 5.35. The molecule has 0 bridgehead atoms. The van der Waals surface area contributed by atoms with Gasteiger partial charge in [0.25, 0.3) is 5.56 Å². The maximum absolute atomic E-state index is 14.1. The summed E-state index contributed by atoms with van der Waals surface area (Å²) in [6, 6.07) is 21.8. The Hall–Kier alpha value is -2.99. The Labute approximate surface area is 217 Å². The van der Waals surface area contributed by atoms with Crippen molar-refractivity contribution in [3.8, 4) is 22.5 Å². The van der Waals surface area contributed by atoms with Crippen LogP contribution in [-0.2, 0) is 11.3 Å². The topological polar surface area (TPSA) is 47.4 Å². The number of hydrogen-bond acceptors (Lipinski definition) is 4. The summed E-state index contributed by atoms with van der Waals surface area (Å²) < 4.78 is 7.21. The standard InChI is InChI=1S/C30H32ClN3O2/c1-21-6-3-4-8-26(21)29-32-28-14-11-24(23-9-12-25(31)13-10-23)18-27(28)30(35)34(29)20-22-7-5-15-33(19-22)16-17-36-2/h3-4,6,8-14,18,22H,5,7,15-17,19-20H2,1-2H3/t22-/m1/s1. The lowest BCUT2D eigenvalue weighted by molar-refractivity contribution is 0.109. The van der Waals surface area contributed by atoms with Crippen LogP contribution in [0.4, 0.5) is 0 Å². The number of halogens is 1. The van der Waals surface area contributed by atoms with E-state index in [2.05, 4.69) is 24.0 Å². The Morgan fingerprint density at radius 2 is 1.83 bits per heavy atom. The van der Waals surface area contributed by atoms with E-state index in [1.54, 1.807) is 7.11 Å². The molecule has 186 valence electrons. The summed E-state index contributed by atoms with van der Waals surface area (Å²) in [4.78, 5) is 21.6. The smallest absolute Gasteiger partial charge is 0.261 e. The molecule has 0 radical (unpaired) electrons. The van der Waals surface area contributed by atoms with Crippen LogP contribution in [0.3, 0.4) is 0 Å². The van der Waals surface area contributed by atoms with Gasteiger partial charge >= 0.3 is 0 Å². The number of benzene rings is 3. The molecule has 5 nitrogen and oxygen atoms in total. The van der Waals surface area contributed by atoms with Crippen LogP contribution in [-0.4, -0.2) is 47.8 Å². The van der Waals surface area contributed by atoms with Crippen molar-refractivity contribution in [2.24, 2.45) is 5.92 Å². The summed E-state index contributed by atoms with van der Waals surface area (Å²) in [5.74, 6) is 1.13. The molecule has 0 spiro atoms. The molecule has 3 aromatic carbocycles. The first-order valence-corrected chi connectivity index (χ1v) is 13.0. The maximum atomic E-state index is 14.1. The predicted molar refractivity (Wildman–Crippen MR) is 148 cm³/mol. The number of likely N-dealkylation sites (tertiary alicyclic amines) is 1. The third kappa shape index (κ3) is 5.24. The van der Waals surface area contributed by atoms with E-state index in [1.807, 2.05) is 59.2 Å². The zero-order valence-electron chi connectivity index (χ0n) is 20.9.